The average Bonchev–Trinajstić information content (AvgIpc) is 3.69. The molecule has 1 aliphatic heterocycles. The molecule has 4 nitrogen and oxygen atoms in total. The van der Waals surface area contributed by atoms with Crippen LogP contribution in [0.25, 0.3) is 42.7 Å². The zero-order valence-electron chi connectivity index (χ0n) is 21.5. The third kappa shape index (κ3) is 4.91. The van der Waals surface area contributed by atoms with Crippen molar-refractivity contribution in [1.29, 1.82) is 0 Å². The minimum Gasteiger partial charge on any atom is -0.497 e. The Balaban J connectivity index is 1.51. The van der Waals surface area contributed by atoms with Crippen LogP contribution in [0, 0.1) is 0 Å². The lowest BCUT2D eigenvalue weighted by Crippen LogP contribution is -2.21. The Morgan fingerprint density at radius 1 is 0.857 bits per heavy atom. The Bertz CT molecular complexity index is 2000. The van der Waals surface area contributed by atoms with Crippen LogP contribution in [-0.2, 0) is 0 Å². The number of hydrogen-bond acceptors (Lipinski definition) is 5. The highest BCUT2D eigenvalue weighted by atomic mass is 79.9. The molecule has 2 aromatic carbocycles. The molecule has 0 atom stereocenters. The number of nitrogens with zero attached hydrogens (tertiary/aromatic N) is 2. The van der Waals surface area contributed by atoms with Gasteiger partial charge in [-0.1, -0.05) is 0 Å². The number of halogens is 7. The third-order valence-corrected chi connectivity index (χ3v) is 11.1. The monoisotopic (exact) mass is 740 g/mol. The van der Waals surface area contributed by atoms with Gasteiger partial charge >= 0.3 is 13.6 Å². The van der Waals surface area contributed by atoms with E-state index in [2.05, 4.69) is 36.9 Å². The van der Waals surface area contributed by atoms with Gasteiger partial charge in [-0.15, -0.1) is 22.7 Å². The Morgan fingerprint density at radius 3 is 1.88 bits per heavy atom. The minimum atomic E-state index is -4.97. The fourth-order valence-corrected chi connectivity index (χ4v) is 8.87. The van der Waals surface area contributed by atoms with Crippen LogP contribution < -0.4 is 19.4 Å². The zero-order valence-corrected chi connectivity index (χ0v) is 26.3. The lowest BCUT2D eigenvalue weighted by atomic mass is 10.1. The topological polar surface area (TPSA) is 35.8 Å². The van der Waals surface area contributed by atoms with Gasteiger partial charge in [0.2, 0.25) is 0 Å². The number of ether oxygens (including phenoxy) is 2. The molecule has 5 aromatic rings. The number of allylic oxidation sites excluding steroid dienone is 2. The van der Waals surface area contributed by atoms with E-state index < -0.39 is 30.5 Å². The second-order valence-corrected chi connectivity index (χ2v) is 12.8. The normalized spacial score (nSPS) is 14.0. The van der Waals surface area contributed by atoms with E-state index in [1.54, 1.807) is 43.5 Å². The van der Waals surface area contributed by atoms with Gasteiger partial charge in [0, 0.05) is 5.69 Å². The summed E-state index contributed by atoms with van der Waals surface area (Å²) < 4.78 is 85.5. The number of benzene rings is 2. The van der Waals surface area contributed by atoms with Gasteiger partial charge in [-0.05, 0) is 104 Å². The summed E-state index contributed by atoms with van der Waals surface area (Å²) in [6, 6.07) is 15.4. The summed E-state index contributed by atoms with van der Waals surface area (Å²) in [6.07, 6.45) is -3.66. The first-order valence-electron chi connectivity index (χ1n) is 12.1. The van der Waals surface area contributed by atoms with Crippen molar-refractivity contribution >= 4 is 83.8 Å². The summed E-state index contributed by atoms with van der Waals surface area (Å²) in [6.45, 7) is 0. The van der Waals surface area contributed by atoms with Crippen molar-refractivity contribution in [2.45, 2.75) is 6.18 Å². The summed E-state index contributed by atoms with van der Waals surface area (Å²) in [4.78, 5) is 5.69. The predicted octanol–water partition coefficient (Wildman–Crippen LogP) is 8.80. The van der Waals surface area contributed by atoms with Crippen LogP contribution in [0.2, 0.25) is 0 Å². The van der Waals surface area contributed by atoms with Gasteiger partial charge < -0.3 is 14.0 Å². The largest absolute Gasteiger partial charge is 0.678 e. The van der Waals surface area contributed by atoms with Crippen molar-refractivity contribution in [3.8, 4) is 32.4 Å². The fourth-order valence-electron chi connectivity index (χ4n) is 4.75. The molecule has 4 heterocycles. The number of fused-ring (bicyclic) bond motifs is 2. The molecule has 0 radical (unpaired) electrons. The third-order valence-electron chi connectivity index (χ3n) is 6.67. The number of rotatable bonds is 6. The molecule has 3 aromatic heterocycles. The molecule has 0 saturated carbocycles. The van der Waals surface area contributed by atoms with Crippen LogP contribution in [0.3, 0.4) is 0 Å². The smallest absolute Gasteiger partial charge is 0.497 e. The Hall–Kier alpha value is -2.94. The van der Waals surface area contributed by atoms with Crippen LogP contribution in [0.15, 0.2) is 74.2 Å². The van der Waals surface area contributed by atoms with Crippen LogP contribution in [-0.4, -0.2) is 32.3 Å². The molecule has 0 spiro atoms. The highest BCUT2D eigenvalue weighted by Gasteiger charge is 2.42. The quantitative estimate of drug-likeness (QED) is 0.129. The first-order chi connectivity index (χ1) is 20.0. The standard InChI is InChI=1S/C28H16BBr2F5N2O2S2/c1-39-15-7-3-13(4-8-15)26-22(30)24-19(41-26)11-17(37-24)21(28(32,33)34)18-12-20-25(38(18)29(35)36)23(31)27(42-20)14-5-9-16(40-2)10-6-14/h3-12H,1-2H3/b21-17+. The van der Waals surface area contributed by atoms with Crippen molar-refractivity contribution in [3.63, 3.8) is 0 Å². The van der Waals surface area contributed by atoms with Crippen LogP contribution in [0.4, 0.5) is 21.8 Å². The number of methoxy groups -OCH3 is 2. The van der Waals surface area contributed by atoms with Crippen molar-refractivity contribution in [3.05, 3.63) is 84.8 Å². The Labute approximate surface area is 260 Å². The van der Waals surface area contributed by atoms with Gasteiger partial charge in [0.05, 0.1) is 58.7 Å². The summed E-state index contributed by atoms with van der Waals surface area (Å²) in [5, 5.41) is 0.322. The molecule has 42 heavy (non-hydrogen) atoms. The first kappa shape index (κ1) is 29.2. The highest BCUT2D eigenvalue weighted by molar-refractivity contribution is 9.11. The lowest BCUT2D eigenvalue weighted by molar-refractivity contribution is -0.0695. The van der Waals surface area contributed by atoms with E-state index in [4.69, 9.17) is 9.47 Å². The minimum absolute atomic E-state index is 0.0195. The van der Waals surface area contributed by atoms with Crippen molar-refractivity contribution in [2.75, 3.05) is 14.2 Å². The molecule has 214 valence electrons. The fraction of sp³-hybridized carbons (Fsp3) is 0.107. The van der Waals surface area contributed by atoms with Crippen LogP contribution in [0.5, 0.6) is 11.5 Å². The maximum Gasteiger partial charge on any atom is 0.678 e. The molecule has 0 saturated heterocycles. The van der Waals surface area contributed by atoms with Gasteiger partial charge in [0.25, 0.3) is 0 Å². The van der Waals surface area contributed by atoms with Crippen molar-refractivity contribution in [1.82, 2.24) is 4.48 Å². The summed E-state index contributed by atoms with van der Waals surface area (Å²) in [5.41, 5.74) is -0.792. The average molecular weight is 742 g/mol. The number of aromatic nitrogens is 1. The molecule has 0 amide bonds. The van der Waals surface area contributed by atoms with Crippen LogP contribution >= 0.6 is 54.5 Å². The second-order valence-electron chi connectivity index (χ2n) is 9.06. The summed E-state index contributed by atoms with van der Waals surface area (Å²) in [7, 11) is -0.165. The predicted molar refractivity (Wildman–Crippen MR) is 165 cm³/mol. The maximum absolute atomic E-state index is 14.7. The molecule has 6 rings (SSSR count). The molecule has 0 aliphatic carbocycles. The molecule has 1 aliphatic rings. The van der Waals surface area contributed by atoms with Gasteiger partial charge in [-0.3, -0.25) is 8.63 Å². The number of alkyl halides is 3. The molecule has 0 bridgehead atoms. The van der Waals surface area contributed by atoms with E-state index in [0.717, 1.165) is 27.8 Å². The highest BCUT2D eigenvalue weighted by Crippen LogP contribution is 2.48. The van der Waals surface area contributed by atoms with Crippen LogP contribution in [0.1, 0.15) is 5.69 Å². The molecule has 0 N–H and O–H groups in total. The Kier molecular flexibility index (Phi) is 7.61. The van der Waals surface area contributed by atoms with Gasteiger partial charge in [-0.25, -0.2) is 4.99 Å². The second kappa shape index (κ2) is 11.0. The van der Waals surface area contributed by atoms with Gasteiger partial charge in [-0.2, -0.15) is 13.2 Å². The molecule has 14 heteroatoms. The molecule has 0 unspecified atom stereocenters. The lowest BCUT2D eigenvalue weighted by Gasteiger charge is -2.16. The SMILES string of the molecule is COc1ccc(-c2sc3c(c2Br)=N/C(=C(\c2cc4sc(-c5ccc(OC)cc5)c(Br)c4n2B(F)F)C(F)(F)F)C=3)cc1. The summed E-state index contributed by atoms with van der Waals surface area (Å²) in [5.74, 6) is 1.28. The zero-order chi connectivity index (χ0) is 29.9. The number of hydrogen-bond donors (Lipinski definition) is 0. The van der Waals surface area contributed by atoms with Crippen molar-refractivity contribution in [2.24, 2.45) is 4.99 Å². The molecular weight excluding hydrogens is 726 g/mol. The summed E-state index contributed by atoms with van der Waals surface area (Å²) >= 11 is 9.26. The maximum atomic E-state index is 14.7. The van der Waals surface area contributed by atoms with E-state index in [1.807, 2.05) is 12.1 Å². The van der Waals surface area contributed by atoms with E-state index in [9.17, 15) is 21.8 Å². The van der Waals surface area contributed by atoms with Crippen molar-refractivity contribution < 1.29 is 31.3 Å². The van der Waals surface area contributed by atoms with Gasteiger partial charge in [0.15, 0.2) is 0 Å². The molecular formula is C28H16BBr2F5N2O2S2. The molecule has 0 fully saturated rings. The first-order valence-corrected chi connectivity index (χ1v) is 15.3. The van der Waals surface area contributed by atoms with E-state index in [0.29, 0.717) is 40.8 Å². The Morgan fingerprint density at radius 2 is 1.40 bits per heavy atom. The van der Waals surface area contributed by atoms with Gasteiger partial charge in [0.1, 0.15) is 17.1 Å². The van der Waals surface area contributed by atoms with E-state index >= 15 is 0 Å². The van der Waals surface area contributed by atoms with E-state index in [-0.39, 0.29) is 14.7 Å². The van der Waals surface area contributed by atoms with E-state index in [1.165, 1.54) is 24.5 Å². The number of thiophene rings is 2.